The second-order valence-corrected chi connectivity index (χ2v) is 4.47. The van der Waals surface area contributed by atoms with Gasteiger partial charge in [0.2, 0.25) is 5.78 Å². The van der Waals surface area contributed by atoms with Crippen LogP contribution in [0.5, 0.6) is 0 Å². The van der Waals surface area contributed by atoms with Crippen LogP contribution in [0.25, 0.3) is 0 Å². The molecule has 17 heavy (non-hydrogen) atoms. The van der Waals surface area contributed by atoms with E-state index in [4.69, 9.17) is 10.2 Å². The molecule has 0 unspecified atom stereocenters. The van der Waals surface area contributed by atoms with Gasteiger partial charge in [-0.3, -0.25) is 4.79 Å². The smallest absolute Gasteiger partial charge is 0.203 e. The first-order chi connectivity index (χ1) is 7.99. The minimum atomic E-state index is -1.85. The number of aliphatic hydroxyl groups excluding tert-OH is 5. The second-order valence-electron chi connectivity index (χ2n) is 3.52. The van der Waals surface area contributed by atoms with Crippen molar-refractivity contribution >= 4 is 17.1 Å². The molecule has 1 aromatic rings. The number of rotatable bonds is 6. The predicted molar refractivity (Wildman–Crippen MR) is 59.8 cm³/mol. The van der Waals surface area contributed by atoms with Crippen LogP contribution in [-0.2, 0) is 0 Å². The van der Waals surface area contributed by atoms with Crippen molar-refractivity contribution in [1.82, 2.24) is 0 Å². The molecule has 0 aliphatic heterocycles. The third kappa shape index (κ3) is 3.32. The summed E-state index contributed by atoms with van der Waals surface area (Å²) in [4.78, 5) is 11.8. The van der Waals surface area contributed by atoms with Gasteiger partial charge in [-0.2, -0.15) is 0 Å². The minimum absolute atomic E-state index is 0.238. The van der Waals surface area contributed by atoms with Crippen LogP contribution in [0, 0.1) is 0 Å². The summed E-state index contributed by atoms with van der Waals surface area (Å²) in [6, 6.07) is 3.08. The fourth-order valence-electron chi connectivity index (χ4n) is 1.24. The average Bonchev–Trinajstić information content (AvgIpc) is 2.87. The fraction of sp³-hybridized carbons (Fsp3) is 0.500. The molecule has 0 saturated carbocycles. The summed E-state index contributed by atoms with van der Waals surface area (Å²) in [7, 11) is 0. The van der Waals surface area contributed by atoms with Crippen LogP contribution in [0.4, 0.5) is 0 Å². The predicted octanol–water partition coefficient (Wildman–Crippen LogP) is -1.63. The van der Waals surface area contributed by atoms with Crippen molar-refractivity contribution in [3.05, 3.63) is 22.4 Å². The first-order valence-corrected chi connectivity index (χ1v) is 5.77. The highest BCUT2D eigenvalue weighted by atomic mass is 32.1. The van der Waals surface area contributed by atoms with Gasteiger partial charge in [0.15, 0.2) is 0 Å². The minimum Gasteiger partial charge on any atom is -0.394 e. The third-order valence-corrected chi connectivity index (χ3v) is 3.17. The molecule has 5 N–H and O–H groups in total. The molecule has 0 aliphatic carbocycles. The highest BCUT2D eigenvalue weighted by Gasteiger charge is 2.34. The van der Waals surface area contributed by atoms with Gasteiger partial charge in [-0.05, 0) is 11.4 Å². The lowest BCUT2D eigenvalue weighted by Gasteiger charge is -2.24. The molecule has 0 aliphatic rings. The lowest BCUT2D eigenvalue weighted by molar-refractivity contribution is -0.105. The van der Waals surface area contributed by atoms with Crippen molar-refractivity contribution < 1.29 is 30.3 Å². The van der Waals surface area contributed by atoms with E-state index < -0.39 is 36.8 Å². The Kier molecular flexibility index (Phi) is 5.19. The van der Waals surface area contributed by atoms with Gasteiger partial charge in [-0.25, -0.2) is 0 Å². The molecule has 0 amide bonds. The molecule has 0 aromatic carbocycles. The van der Waals surface area contributed by atoms with Gasteiger partial charge in [0, 0.05) is 0 Å². The number of hydrogen-bond donors (Lipinski definition) is 5. The molecule has 6 nitrogen and oxygen atoms in total. The van der Waals surface area contributed by atoms with Gasteiger partial charge < -0.3 is 25.5 Å². The van der Waals surface area contributed by atoms with E-state index in [0.717, 1.165) is 11.3 Å². The molecule has 1 rings (SSSR count). The zero-order valence-electron chi connectivity index (χ0n) is 8.80. The Hall–Kier alpha value is -0.830. The van der Waals surface area contributed by atoms with Gasteiger partial charge in [-0.15, -0.1) is 11.3 Å². The van der Waals surface area contributed by atoms with Gasteiger partial charge >= 0.3 is 0 Å². The molecule has 4 atom stereocenters. The number of hydrogen-bond acceptors (Lipinski definition) is 7. The number of thiophene rings is 1. The molecular weight excluding hydrogens is 248 g/mol. The third-order valence-electron chi connectivity index (χ3n) is 2.29. The van der Waals surface area contributed by atoms with E-state index in [1.807, 2.05) is 0 Å². The number of Topliss-reactive ketones (excluding diaryl/α,β-unsaturated/α-hetero) is 1. The van der Waals surface area contributed by atoms with Crippen LogP contribution in [0.15, 0.2) is 17.5 Å². The van der Waals surface area contributed by atoms with E-state index >= 15 is 0 Å². The standard InChI is InChI=1S/C10H14O6S/c11-4-5(12)7(13)9(15)10(16)8(14)6-2-1-3-17-6/h1-3,5,7,9-13,15-16H,4H2/t5-,7+,9+,10+/m1/s1. The largest absolute Gasteiger partial charge is 0.394 e. The van der Waals surface area contributed by atoms with Crippen molar-refractivity contribution in [2.24, 2.45) is 0 Å². The number of ketones is 1. The summed E-state index contributed by atoms with van der Waals surface area (Å²) in [5, 5.41) is 47.6. The van der Waals surface area contributed by atoms with E-state index in [1.165, 1.54) is 6.07 Å². The quantitative estimate of drug-likeness (QED) is 0.393. The molecule has 0 fully saturated rings. The maximum atomic E-state index is 11.6. The lowest BCUT2D eigenvalue weighted by atomic mass is 10.00. The van der Waals surface area contributed by atoms with Crippen molar-refractivity contribution in [3.8, 4) is 0 Å². The van der Waals surface area contributed by atoms with Gasteiger partial charge in [0.1, 0.15) is 24.4 Å². The molecule has 1 aromatic heterocycles. The summed E-state index contributed by atoms with van der Waals surface area (Å²) < 4.78 is 0. The van der Waals surface area contributed by atoms with Crippen LogP contribution < -0.4 is 0 Å². The Labute approximate surface area is 101 Å². The van der Waals surface area contributed by atoms with E-state index in [0.29, 0.717) is 0 Å². The van der Waals surface area contributed by atoms with Crippen LogP contribution >= 0.6 is 11.3 Å². The van der Waals surface area contributed by atoms with Crippen LogP contribution in [0.2, 0.25) is 0 Å². The summed E-state index contributed by atoms with van der Waals surface area (Å²) >= 11 is 1.09. The maximum absolute atomic E-state index is 11.6. The number of carbonyl (C=O) groups is 1. The first-order valence-electron chi connectivity index (χ1n) is 4.90. The average molecular weight is 262 g/mol. The summed E-state index contributed by atoms with van der Waals surface area (Å²) in [5.41, 5.74) is 0. The molecule has 96 valence electrons. The van der Waals surface area contributed by atoms with Gasteiger partial charge in [0.25, 0.3) is 0 Å². The number of aliphatic hydroxyl groups is 5. The lowest BCUT2D eigenvalue weighted by Crippen LogP contribution is -2.48. The Morgan fingerprint density at radius 2 is 1.88 bits per heavy atom. The number of carbonyl (C=O) groups excluding carboxylic acids is 1. The van der Waals surface area contributed by atoms with Gasteiger partial charge in [0.05, 0.1) is 11.5 Å². The molecule has 1 heterocycles. The normalized spacial score (nSPS) is 18.4. The highest BCUT2D eigenvalue weighted by molar-refractivity contribution is 7.12. The maximum Gasteiger partial charge on any atom is 0.203 e. The Morgan fingerprint density at radius 1 is 1.24 bits per heavy atom. The molecule has 7 heteroatoms. The summed E-state index contributed by atoms with van der Waals surface area (Å²) in [6.07, 6.45) is -7.11. The van der Waals surface area contributed by atoms with E-state index in [2.05, 4.69) is 0 Å². The molecule has 0 radical (unpaired) electrons. The van der Waals surface area contributed by atoms with Crippen molar-refractivity contribution in [1.29, 1.82) is 0 Å². The summed E-state index contributed by atoms with van der Waals surface area (Å²) in [6.45, 7) is -0.780. The van der Waals surface area contributed by atoms with Gasteiger partial charge in [-0.1, -0.05) is 6.07 Å². The van der Waals surface area contributed by atoms with Crippen molar-refractivity contribution in [3.63, 3.8) is 0 Å². The first kappa shape index (κ1) is 14.2. The van der Waals surface area contributed by atoms with Crippen molar-refractivity contribution in [2.45, 2.75) is 24.4 Å². The Balaban J connectivity index is 2.69. The van der Waals surface area contributed by atoms with Crippen LogP contribution in [-0.4, -0.2) is 62.3 Å². The zero-order chi connectivity index (χ0) is 13.0. The molecule has 0 spiro atoms. The fourth-order valence-corrected chi connectivity index (χ4v) is 1.94. The topological polar surface area (TPSA) is 118 Å². The van der Waals surface area contributed by atoms with E-state index in [-0.39, 0.29) is 4.88 Å². The van der Waals surface area contributed by atoms with Crippen LogP contribution in [0.1, 0.15) is 9.67 Å². The molecule has 0 bridgehead atoms. The Morgan fingerprint density at radius 3 is 2.35 bits per heavy atom. The van der Waals surface area contributed by atoms with Crippen LogP contribution in [0.3, 0.4) is 0 Å². The van der Waals surface area contributed by atoms with E-state index in [1.54, 1.807) is 11.4 Å². The SMILES string of the molecule is O=C(c1cccs1)[C@H](O)[C@@H](O)[C@@H](O)[C@H](O)CO. The second kappa shape index (κ2) is 6.20. The van der Waals surface area contributed by atoms with E-state index in [9.17, 15) is 20.1 Å². The monoisotopic (exact) mass is 262 g/mol. The Bertz CT molecular complexity index is 352. The zero-order valence-corrected chi connectivity index (χ0v) is 9.62. The summed E-state index contributed by atoms with van der Waals surface area (Å²) in [5.74, 6) is -0.739. The highest BCUT2D eigenvalue weighted by Crippen LogP contribution is 2.15. The molecular formula is C10H14O6S. The molecule has 0 saturated heterocycles. The van der Waals surface area contributed by atoms with Crippen molar-refractivity contribution in [2.75, 3.05) is 6.61 Å².